The van der Waals surface area contributed by atoms with Crippen molar-refractivity contribution in [2.45, 2.75) is 6.92 Å². The van der Waals surface area contributed by atoms with E-state index >= 15 is 0 Å². The van der Waals surface area contributed by atoms with E-state index in [1.54, 1.807) is 52.7 Å². The standard InChI is InChI=1S/C25H19FN6O2S/c1-15-6-7-16(13-27)10-22(15)32-24-20-12-18(17-4-3-5-19(26)11-17)8-9-21(20)29-14-23(24)31(2)25(32)30-35(28,33)34/h3-12,14H,1-2H3,(H2,28,33,34). The van der Waals surface area contributed by atoms with Gasteiger partial charge in [0, 0.05) is 12.4 Å². The molecule has 0 unspecified atom stereocenters. The highest BCUT2D eigenvalue weighted by molar-refractivity contribution is 7.87. The molecule has 0 fully saturated rings. The van der Waals surface area contributed by atoms with E-state index < -0.39 is 10.2 Å². The highest BCUT2D eigenvalue weighted by atomic mass is 32.2. The average Bonchev–Trinajstić information content (AvgIpc) is 3.09. The summed E-state index contributed by atoms with van der Waals surface area (Å²) < 4.78 is 45.0. The number of benzene rings is 3. The van der Waals surface area contributed by atoms with E-state index in [1.165, 1.54) is 12.1 Å². The van der Waals surface area contributed by atoms with Crippen molar-refractivity contribution in [3.63, 3.8) is 0 Å². The Bertz CT molecular complexity index is 1880. The zero-order valence-electron chi connectivity index (χ0n) is 18.8. The Morgan fingerprint density at radius 3 is 2.57 bits per heavy atom. The number of nitrogens with zero attached hydrogens (tertiary/aromatic N) is 5. The molecule has 10 heteroatoms. The number of halogens is 1. The summed E-state index contributed by atoms with van der Waals surface area (Å²) >= 11 is 0. The molecule has 174 valence electrons. The predicted octanol–water partition coefficient (Wildman–Crippen LogP) is 3.61. The largest absolute Gasteiger partial charge is 0.320 e. The van der Waals surface area contributed by atoms with Gasteiger partial charge in [0.05, 0.1) is 40.1 Å². The van der Waals surface area contributed by atoms with Crippen LogP contribution in [0.4, 0.5) is 4.39 Å². The van der Waals surface area contributed by atoms with E-state index in [-0.39, 0.29) is 11.4 Å². The quantitative estimate of drug-likeness (QED) is 0.419. The maximum absolute atomic E-state index is 13.9. The number of aromatic nitrogens is 3. The molecule has 0 saturated heterocycles. The lowest BCUT2D eigenvalue weighted by molar-refractivity contribution is 0.596. The van der Waals surface area contributed by atoms with Crippen molar-refractivity contribution in [1.29, 1.82) is 5.26 Å². The van der Waals surface area contributed by atoms with Crippen molar-refractivity contribution >= 4 is 32.1 Å². The Labute approximate surface area is 200 Å². The van der Waals surface area contributed by atoms with Gasteiger partial charge in [0.15, 0.2) is 0 Å². The Hall–Kier alpha value is -4.33. The number of rotatable bonds is 3. The van der Waals surface area contributed by atoms with Crippen molar-refractivity contribution < 1.29 is 12.8 Å². The minimum absolute atomic E-state index is 0.0474. The normalized spacial score (nSPS) is 12.4. The van der Waals surface area contributed by atoms with Crippen molar-refractivity contribution in [2.75, 3.05) is 0 Å². The van der Waals surface area contributed by atoms with Gasteiger partial charge in [0.2, 0.25) is 5.62 Å². The van der Waals surface area contributed by atoms with E-state index in [4.69, 9.17) is 5.14 Å². The number of hydrogen-bond acceptors (Lipinski definition) is 4. The highest BCUT2D eigenvalue weighted by Gasteiger charge is 2.19. The molecule has 2 heterocycles. The van der Waals surface area contributed by atoms with Crippen LogP contribution in [-0.4, -0.2) is 22.5 Å². The first-order valence-corrected chi connectivity index (χ1v) is 12.0. The fourth-order valence-electron chi connectivity index (χ4n) is 4.22. The van der Waals surface area contributed by atoms with Gasteiger partial charge in [0.1, 0.15) is 5.82 Å². The maximum Gasteiger partial charge on any atom is 0.320 e. The Morgan fingerprint density at radius 1 is 1.09 bits per heavy atom. The molecule has 8 nitrogen and oxygen atoms in total. The first-order valence-electron chi connectivity index (χ1n) is 10.5. The van der Waals surface area contributed by atoms with Crippen molar-refractivity contribution in [1.82, 2.24) is 14.1 Å². The molecule has 3 aromatic carbocycles. The molecular formula is C25H19FN6O2S. The van der Waals surface area contributed by atoms with Crippen LogP contribution >= 0.6 is 0 Å². The number of hydrogen-bond donors (Lipinski definition) is 1. The lowest BCUT2D eigenvalue weighted by Gasteiger charge is -2.11. The van der Waals surface area contributed by atoms with Crippen molar-refractivity contribution in [3.8, 4) is 22.9 Å². The van der Waals surface area contributed by atoms with Crippen LogP contribution in [-0.2, 0) is 17.3 Å². The van der Waals surface area contributed by atoms with Crippen molar-refractivity contribution in [2.24, 2.45) is 16.6 Å². The molecule has 5 rings (SSSR count). The van der Waals surface area contributed by atoms with E-state index in [2.05, 4.69) is 15.5 Å². The van der Waals surface area contributed by atoms with Gasteiger partial charge in [-0.3, -0.25) is 9.55 Å². The number of fused-ring (bicyclic) bond motifs is 3. The number of imidazole rings is 1. The van der Waals surface area contributed by atoms with Crippen LogP contribution in [0, 0.1) is 24.1 Å². The number of aryl methyl sites for hydroxylation is 2. The summed E-state index contributed by atoms with van der Waals surface area (Å²) in [6.45, 7) is 1.85. The van der Waals surface area contributed by atoms with Gasteiger partial charge in [-0.1, -0.05) is 24.3 Å². The Balaban J connectivity index is 1.99. The van der Waals surface area contributed by atoms with E-state index in [1.807, 2.05) is 25.1 Å². The number of nitriles is 1. The summed E-state index contributed by atoms with van der Waals surface area (Å²) in [4.78, 5) is 4.54. The second kappa shape index (κ2) is 8.16. The smallest absolute Gasteiger partial charge is 0.311 e. The topological polar surface area (TPSA) is 119 Å². The molecule has 0 radical (unpaired) electrons. The lowest BCUT2D eigenvalue weighted by atomic mass is 10.0. The van der Waals surface area contributed by atoms with Crippen LogP contribution in [0.3, 0.4) is 0 Å². The molecule has 2 aromatic heterocycles. The molecule has 0 amide bonds. The summed E-state index contributed by atoms with van der Waals surface area (Å²) in [5.41, 5.74) is 5.11. The van der Waals surface area contributed by atoms with Crippen LogP contribution < -0.4 is 10.8 Å². The third-order valence-corrected chi connectivity index (χ3v) is 6.27. The van der Waals surface area contributed by atoms with Gasteiger partial charge >= 0.3 is 10.2 Å². The minimum Gasteiger partial charge on any atom is -0.311 e. The molecule has 0 bridgehead atoms. The fourth-order valence-corrected chi connectivity index (χ4v) is 4.65. The molecule has 35 heavy (non-hydrogen) atoms. The lowest BCUT2D eigenvalue weighted by Crippen LogP contribution is -2.27. The molecule has 5 aromatic rings. The Morgan fingerprint density at radius 2 is 1.86 bits per heavy atom. The molecule has 2 N–H and O–H groups in total. The zero-order chi connectivity index (χ0) is 24.9. The van der Waals surface area contributed by atoms with Crippen LogP contribution in [0.25, 0.3) is 38.8 Å². The molecular weight excluding hydrogens is 467 g/mol. The second-order valence-corrected chi connectivity index (χ2v) is 9.36. The predicted molar refractivity (Wildman–Crippen MR) is 131 cm³/mol. The van der Waals surface area contributed by atoms with E-state index in [0.717, 1.165) is 11.1 Å². The third-order valence-electron chi connectivity index (χ3n) is 5.85. The van der Waals surface area contributed by atoms with Crippen LogP contribution in [0.15, 0.2) is 71.3 Å². The number of pyridine rings is 1. The van der Waals surface area contributed by atoms with E-state index in [9.17, 15) is 18.1 Å². The maximum atomic E-state index is 13.9. The van der Waals surface area contributed by atoms with Gasteiger partial charge in [-0.25, -0.2) is 9.53 Å². The molecule has 0 aliphatic rings. The van der Waals surface area contributed by atoms with Gasteiger partial charge in [-0.2, -0.15) is 13.7 Å². The van der Waals surface area contributed by atoms with Crippen LogP contribution in [0.1, 0.15) is 11.1 Å². The van der Waals surface area contributed by atoms with Gasteiger partial charge in [0.25, 0.3) is 0 Å². The van der Waals surface area contributed by atoms with Crippen LogP contribution in [0.2, 0.25) is 0 Å². The molecule has 0 aliphatic heterocycles. The highest BCUT2D eigenvalue weighted by Crippen LogP contribution is 2.31. The average molecular weight is 487 g/mol. The number of nitrogens with two attached hydrogens (primary N) is 1. The summed E-state index contributed by atoms with van der Waals surface area (Å²) in [5.74, 6) is -0.355. The van der Waals surface area contributed by atoms with Crippen LogP contribution in [0.5, 0.6) is 0 Å². The minimum atomic E-state index is -4.26. The van der Waals surface area contributed by atoms with Crippen molar-refractivity contribution in [3.05, 3.63) is 89.4 Å². The molecule has 0 saturated carbocycles. The fraction of sp³-hybridized carbons (Fsp3) is 0.0800. The SMILES string of the molecule is Cc1ccc(C#N)cc1-n1c(=NS(N)(=O)=O)n(C)c2cnc3ccc(-c4cccc(F)c4)cc3c21. The summed E-state index contributed by atoms with van der Waals surface area (Å²) in [6.07, 6.45) is 1.63. The third kappa shape index (κ3) is 3.97. The first kappa shape index (κ1) is 22.5. The summed E-state index contributed by atoms with van der Waals surface area (Å²) in [5, 5.41) is 15.5. The first-order chi connectivity index (χ1) is 16.7. The Kier molecular flexibility index (Phi) is 5.24. The summed E-state index contributed by atoms with van der Waals surface area (Å²) in [6, 6.07) is 19.0. The second-order valence-electron chi connectivity index (χ2n) is 8.15. The molecule has 0 atom stereocenters. The van der Waals surface area contributed by atoms with Gasteiger partial charge < -0.3 is 4.57 Å². The monoisotopic (exact) mass is 486 g/mol. The molecule has 0 aliphatic carbocycles. The molecule has 0 spiro atoms. The van der Waals surface area contributed by atoms with Gasteiger partial charge in [-0.05, 0) is 60.0 Å². The van der Waals surface area contributed by atoms with E-state index in [0.29, 0.717) is 38.8 Å². The summed E-state index contributed by atoms with van der Waals surface area (Å²) in [7, 11) is -2.60. The van der Waals surface area contributed by atoms with Gasteiger partial charge in [-0.15, -0.1) is 4.40 Å². The zero-order valence-corrected chi connectivity index (χ0v) is 19.6.